The molecule has 0 spiro atoms. The quantitative estimate of drug-likeness (QED) is 0.800. The van der Waals surface area contributed by atoms with E-state index in [0.717, 1.165) is 31.4 Å². The van der Waals surface area contributed by atoms with E-state index in [1.165, 1.54) is 32.1 Å². The Bertz CT molecular complexity index is 387. The molecule has 1 unspecified atom stereocenters. The van der Waals surface area contributed by atoms with E-state index in [4.69, 9.17) is 9.26 Å². The Hall–Kier alpha value is -0.940. The van der Waals surface area contributed by atoms with Gasteiger partial charge in [0.1, 0.15) is 0 Å². The average molecular weight is 251 g/mol. The second-order valence-corrected chi connectivity index (χ2v) is 5.40. The lowest BCUT2D eigenvalue weighted by Crippen LogP contribution is -2.41. The highest BCUT2D eigenvalue weighted by Crippen LogP contribution is 2.38. The highest BCUT2D eigenvalue weighted by Gasteiger charge is 2.30. The molecule has 2 aliphatic rings. The third-order valence-corrected chi connectivity index (χ3v) is 3.87. The molecular formula is C13H21N3O2. The SMILES string of the molecule is COCC1CCCCN1Cc1nc(C2CC2)no1. The van der Waals surface area contributed by atoms with E-state index in [9.17, 15) is 0 Å². The summed E-state index contributed by atoms with van der Waals surface area (Å²) in [6.45, 7) is 2.67. The summed E-state index contributed by atoms with van der Waals surface area (Å²) in [5, 5.41) is 4.07. The highest BCUT2D eigenvalue weighted by atomic mass is 16.5. The maximum atomic E-state index is 5.35. The molecular weight excluding hydrogens is 230 g/mol. The zero-order valence-electron chi connectivity index (χ0n) is 11.0. The van der Waals surface area contributed by atoms with Gasteiger partial charge < -0.3 is 9.26 Å². The maximum Gasteiger partial charge on any atom is 0.240 e. The Morgan fingerprint density at radius 2 is 2.22 bits per heavy atom. The van der Waals surface area contributed by atoms with Crippen molar-refractivity contribution in [3.8, 4) is 0 Å². The average Bonchev–Trinajstić information content (AvgIpc) is 3.13. The first kappa shape index (κ1) is 12.1. The van der Waals surface area contributed by atoms with Gasteiger partial charge in [0, 0.05) is 19.1 Å². The Morgan fingerprint density at radius 3 is 3.00 bits per heavy atom. The van der Waals surface area contributed by atoms with Crippen LogP contribution in [-0.4, -0.2) is 41.3 Å². The van der Waals surface area contributed by atoms with Crippen molar-refractivity contribution in [3.63, 3.8) is 0 Å². The molecule has 0 N–H and O–H groups in total. The first-order valence-electron chi connectivity index (χ1n) is 6.92. The molecule has 0 aromatic carbocycles. The number of piperidine rings is 1. The fraction of sp³-hybridized carbons (Fsp3) is 0.846. The van der Waals surface area contributed by atoms with E-state index in [-0.39, 0.29) is 0 Å². The molecule has 1 saturated carbocycles. The molecule has 1 aromatic heterocycles. The number of rotatable bonds is 5. The fourth-order valence-electron chi connectivity index (χ4n) is 2.66. The van der Waals surface area contributed by atoms with Crippen LogP contribution in [0.1, 0.15) is 49.7 Å². The van der Waals surface area contributed by atoms with Gasteiger partial charge >= 0.3 is 0 Å². The Balaban J connectivity index is 1.61. The molecule has 0 radical (unpaired) electrons. The summed E-state index contributed by atoms with van der Waals surface area (Å²) >= 11 is 0. The summed E-state index contributed by atoms with van der Waals surface area (Å²) in [6, 6.07) is 0.500. The van der Waals surface area contributed by atoms with Gasteiger partial charge in [0.15, 0.2) is 5.82 Å². The standard InChI is InChI=1S/C13H21N3O2/c1-17-9-11-4-2-3-7-16(11)8-12-14-13(15-18-12)10-5-6-10/h10-11H,2-9H2,1H3. The van der Waals surface area contributed by atoms with Crippen molar-refractivity contribution in [1.82, 2.24) is 15.0 Å². The normalized spacial score (nSPS) is 25.5. The lowest BCUT2D eigenvalue weighted by Gasteiger charge is -2.34. The van der Waals surface area contributed by atoms with Crippen LogP contribution in [0.15, 0.2) is 4.52 Å². The topological polar surface area (TPSA) is 51.4 Å². The second kappa shape index (κ2) is 5.36. The second-order valence-electron chi connectivity index (χ2n) is 5.40. The summed E-state index contributed by atoms with van der Waals surface area (Å²) in [7, 11) is 1.77. The lowest BCUT2D eigenvalue weighted by molar-refractivity contribution is 0.0532. The molecule has 1 aliphatic carbocycles. The molecule has 5 nitrogen and oxygen atoms in total. The summed E-state index contributed by atoms with van der Waals surface area (Å²) in [4.78, 5) is 6.91. The van der Waals surface area contributed by atoms with Crippen molar-refractivity contribution in [2.45, 2.75) is 50.6 Å². The lowest BCUT2D eigenvalue weighted by atomic mass is 10.0. The Morgan fingerprint density at radius 1 is 1.33 bits per heavy atom. The van der Waals surface area contributed by atoms with Gasteiger partial charge in [0.2, 0.25) is 5.89 Å². The molecule has 2 heterocycles. The van der Waals surface area contributed by atoms with Crippen LogP contribution in [0.3, 0.4) is 0 Å². The Labute approximate surface area is 107 Å². The van der Waals surface area contributed by atoms with Crippen molar-refractivity contribution in [3.05, 3.63) is 11.7 Å². The maximum absolute atomic E-state index is 5.35. The zero-order chi connectivity index (χ0) is 12.4. The van der Waals surface area contributed by atoms with Crippen molar-refractivity contribution < 1.29 is 9.26 Å². The summed E-state index contributed by atoms with van der Waals surface area (Å²) in [6.07, 6.45) is 6.19. The van der Waals surface area contributed by atoms with Gasteiger partial charge in [0.25, 0.3) is 0 Å². The predicted octanol–water partition coefficient (Wildman–Crippen LogP) is 1.95. The van der Waals surface area contributed by atoms with Gasteiger partial charge in [-0.05, 0) is 32.2 Å². The molecule has 1 atom stereocenters. The molecule has 0 bridgehead atoms. The molecule has 1 aliphatic heterocycles. The van der Waals surface area contributed by atoms with Crippen LogP contribution in [0.5, 0.6) is 0 Å². The van der Waals surface area contributed by atoms with Crippen molar-refractivity contribution in [2.75, 3.05) is 20.3 Å². The first-order chi connectivity index (χ1) is 8.86. The number of methoxy groups -OCH3 is 1. The minimum Gasteiger partial charge on any atom is -0.383 e. The van der Waals surface area contributed by atoms with Gasteiger partial charge in [-0.25, -0.2) is 0 Å². The molecule has 3 rings (SSSR count). The van der Waals surface area contributed by atoms with Crippen molar-refractivity contribution in [2.24, 2.45) is 0 Å². The Kier molecular flexibility index (Phi) is 3.61. The third-order valence-electron chi connectivity index (χ3n) is 3.87. The molecule has 1 saturated heterocycles. The minimum atomic E-state index is 0.500. The van der Waals surface area contributed by atoms with E-state index < -0.39 is 0 Å². The molecule has 2 fully saturated rings. The molecule has 5 heteroatoms. The number of aromatic nitrogens is 2. The van der Waals surface area contributed by atoms with Crippen molar-refractivity contribution in [1.29, 1.82) is 0 Å². The van der Waals surface area contributed by atoms with Gasteiger partial charge in [-0.2, -0.15) is 4.98 Å². The third kappa shape index (κ3) is 2.72. The summed E-state index contributed by atoms with van der Waals surface area (Å²) in [5.74, 6) is 2.24. The van der Waals surface area contributed by atoms with Gasteiger partial charge in [-0.1, -0.05) is 11.6 Å². The van der Waals surface area contributed by atoms with Crippen LogP contribution in [0.25, 0.3) is 0 Å². The largest absolute Gasteiger partial charge is 0.383 e. The monoisotopic (exact) mass is 251 g/mol. The van der Waals surface area contributed by atoms with Crippen molar-refractivity contribution >= 4 is 0 Å². The number of ether oxygens (including phenoxy) is 1. The van der Waals surface area contributed by atoms with Crippen LogP contribution in [0.4, 0.5) is 0 Å². The first-order valence-corrected chi connectivity index (χ1v) is 6.92. The van der Waals surface area contributed by atoms with E-state index >= 15 is 0 Å². The highest BCUT2D eigenvalue weighted by molar-refractivity contribution is 5.03. The number of nitrogens with zero attached hydrogens (tertiary/aromatic N) is 3. The number of hydrogen-bond donors (Lipinski definition) is 0. The van der Waals surface area contributed by atoms with E-state index in [2.05, 4.69) is 15.0 Å². The summed E-state index contributed by atoms with van der Waals surface area (Å²) < 4.78 is 10.6. The fourth-order valence-corrected chi connectivity index (χ4v) is 2.66. The van der Waals surface area contributed by atoms with Crippen LogP contribution >= 0.6 is 0 Å². The zero-order valence-corrected chi connectivity index (χ0v) is 11.0. The van der Waals surface area contributed by atoms with Crippen LogP contribution in [-0.2, 0) is 11.3 Å². The molecule has 100 valence electrons. The number of likely N-dealkylation sites (tertiary alicyclic amines) is 1. The molecule has 1 aromatic rings. The minimum absolute atomic E-state index is 0.500. The van der Waals surface area contributed by atoms with Crippen LogP contribution in [0, 0.1) is 0 Å². The molecule has 0 amide bonds. The smallest absolute Gasteiger partial charge is 0.240 e. The summed E-state index contributed by atoms with van der Waals surface area (Å²) in [5.41, 5.74) is 0. The van der Waals surface area contributed by atoms with Gasteiger partial charge in [-0.15, -0.1) is 0 Å². The van der Waals surface area contributed by atoms with E-state index in [0.29, 0.717) is 12.0 Å². The van der Waals surface area contributed by atoms with Gasteiger partial charge in [-0.3, -0.25) is 4.90 Å². The van der Waals surface area contributed by atoms with E-state index in [1.807, 2.05) is 0 Å². The molecule has 18 heavy (non-hydrogen) atoms. The predicted molar refractivity (Wildman–Crippen MR) is 66.2 cm³/mol. The van der Waals surface area contributed by atoms with E-state index in [1.54, 1.807) is 7.11 Å². The van der Waals surface area contributed by atoms with Gasteiger partial charge in [0.05, 0.1) is 13.2 Å². The van der Waals surface area contributed by atoms with Crippen LogP contribution < -0.4 is 0 Å². The van der Waals surface area contributed by atoms with Crippen LogP contribution in [0.2, 0.25) is 0 Å². The number of hydrogen-bond acceptors (Lipinski definition) is 5.